The molecule has 0 aliphatic rings. The molecule has 3 aromatic rings. The standard InChI is InChI=1S/C17H17N7O4/c1-3-4-8-23-13-14(22(2)17(26)20-15(13)25)19-16(23)21-18-10-11-6-5-7-12(9-11)24(27)28/h3-7,9-10H,8H2,1-2H3,(H,19,21)(H,20,25,26)/b4-3+,18-10-. The second kappa shape index (κ2) is 7.70. The van der Waals surface area contributed by atoms with Gasteiger partial charge in [0.15, 0.2) is 11.2 Å². The van der Waals surface area contributed by atoms with Crippen LogP contribution in [0.25, 0.3) is 11.2 Å². The third kappa shape index (κ3) is 3.58. The molecule has 0 bridgehead atoms. The van der Waals surface area contributed by atoms with Crippen LogP contribution in [-0.4, -0.2) is 30.2 Å². The van der Waals surface area contributed by atoms with E-state index in [9.17, 15) is 19.7 Å². The van der Waals surface area contributed by atoms with Crippen LogP contribution in [0.4, 0.5) is 11.6 Å². The highest BCUT2D eigenvalue weighted by Gasteiger charge is 2.16. The average molecular weight is 383 g/mol. The number of aromatic nitrogens is 4. The second-order valence-electron chi connectivity index (χ2n) is 5.83. The van der Waals surface area contributed by atoms with E-state index in [-0.39, 0.29) is 22.8 Å². The van der Waals surface area contributed by atoms with Gasteiger partial charge in [-0.1, -0.05) is 24.3 Å². The minimum atomic E-state index is -0.570. The lowest BCUT2D eigenvalue weighted by molar-refractivity contribution is -0.384. The van der Waals surface area contributed by atoms with Crippen LogP contribution < -0.4 is 16.7 Å². The molecule has 0 saturated carbocycles. The fraction of sp³-hybridized carbons (Fsp3) is 0.176. The van der Waals surface area contributed by atoms with Gasteiger partial charge in [-0.05, 0) is 6.92 Å². The molecule has 1 aromatic carbocycles. The lowest BCUT2D eigenvalue weighted by Crippen LogP contribution is -2.29. The molecular weight excluding hydrogens is 366 g/mol. The first-order valence-corrected chi connectivity index (χ1v) is 8.26. The van der Waals surface area contributed by atoms with E-state index in [1.54, 1.807) is 16.7 Å². The van der Waals surface area contributed by atoms with E-state index in [4.69, 9.17) is 0 Å². The van der Waals surface area contributed by atoms with Gasteiger partial charge in [-0.25, -0.2) is 10.2 Å². The summed E-state index contributed by atoms with van der Waals surface area (Å²) in [5.74, 6) is 0.251. The summed E-state index contributed by atoms with van der Waals surface area (Å²) in [4.78, 5) is 41.0. The summed E-state index contributed by atoms with van der Waals surface area (Å²) in [5.41, 5.74) is 2.52. The summed E-state index contributed by atoms with van der Waals surface area (Å²) in [6.45, 7) is 2.18. The Balaban J connectivity index is 2.00. The minimum absolute atomic E-state index is 0.0502. The number of allylic oxidation sites excluding steroid dienone is 2. The van der Waals surface area contributed by atoms with Gasteiger partial charge in [-0.2, -0.15) is 10.1 Å². The SMILES string of the molecule is C/C=C/Cn1c(N/N=C\c2cccc([N+](=O)[O-])c2)nc2c1c(=O)[nH]c(=O)n2C. The zero-order valence-electron chi connectivity index (χ0n) is 15.1. The molecule has 0 atom stereocenters. The van der Waals surface area contributed by atoms with Crippen molar-refractivity contribution in [3.63, 3.8) is 0 Å². The van der Waals surface area contributed by atoms with Gasteiger partial charge in [-0.15, -0.1) is 0 Å². The number of nitro benzene ring substituents is 1. The summed E-state index contributed by atoms with van der Waals surface area (Å²) in [6, 6.07) is 5.97. The van der Waals surface area contributed by atoms with Gasteiger partial charge in [0.1, 0.15) is 0 Å². The molecule has 144 valence electrons. The Morgan fingerprint density at radius 3 is 2.89 bits per heavy atom. The zero-order valence-corrected chi connectivity index (χ0v) is 15.1. The quantitative estimate of drug-likeness (QED) is 0.285. The molecule has 0 aliphatic heterocycles. The second-order valence-corrected chi connectivity index (χ2v) is 5.83. The predicted molar refractivity (Wildman–Crippen MR) is 105 cm³/mol. The van der Waals surface area contributed by atoms with Crippen molar-refractivity contribution >= 4 is 29.0 Å². The highest BCUT2D eigenvalue weighted by molar-refractivity contribution is 5.81. The molecule has 0 saturated heterocycles. The predicted octanol–water partition coefficient (Wildman–Crippen LogP) is 1.35. The van der Waals surface area contributed by atoms with Gasteiger partial charge >= 0.3 is 5.69 Å². The number of anilines is 1. The van der Waals surface area contributed by atoms with Crippen LogP contribution in [0.3, 0.4) is 0 Å². The number of nitrogens with one attached hydrogen (secondary N) is 2. The van der Waals surface area contributed by atoms with Crippen molar-refractivity contribution in [3.8, 4) is 0 Å². The number of hydrogen-bond donors (Lipinski definition) is 2. The molecule has 0 amide bonds. The first-order valence-electron chi connectivity index (χ1n) is 8.26. The number of benzene rings is 1. The number of fused-ring (bicyclic) bond motifs is 1. The highest BCUT2D eigenvalue weighted by atomic mass is 16.6. The van der Waals surface area contributed by atoms with Crippen LogP contribution in [-0.2, 0) is 13.6 Å². The van der Waals surface area contributed by atoms with E-state index >= 15 is 0 Å². The van der Waals surface area contributed by atoms with Gasteiger partial charge in [0.05, 0.1) is 11.1 Å². The van der Waals surface area contributed by atoms with E-state index in [2.05, 4.69) is 20.5 Å². The van der Waals surface area contributed by atoms with Gasteiger partial charge in [0, 0.05) is 31.3 Å². The van der Waals surface area contributed by atoms with Gasteiger partial charge in [0.2, 0.25) is 5.95 Å². The summed E-state index contributed by atoms with van der Waals surface area (Å²) < 4.78 is 2.82. The first-order chi connectivity index (χ1) is 13.4. The molecule has 2 aromatic heterocycles. The Morgan fingerprint density at radius 1 is 1.39 bits per heavy atom. The third-order valence-electron chi connectivity index (χ3n) is 3.99. The maximum Gasteiger partial charge on any atom is 0.329 e. The number of non-ortho nitro benzene ring substituents is 1. The number of aromatic amines is 1. The topological polar surface area (TPSA) is 140 Å². The Hall–Kier alpha value is -4.02. The summed E-state index contributed by atoms with van der Waals surface area (Å²) in [5, 5.41) is 14.9. The summed E-state index contributed by atoms with van der Waals surface area (Å²) in [7, 11) is 1.50. The normalized spacial score (nSPS) is 11.6. The van der Waals surface area contributed by atoms with E-state index < -0.39 is 16.2 Å². The molecule has 11 heteroatoms. The van der Waals surface area contributed by atoms with E-state index in [0.717, 1.165) is 0 Å². The minimum Gasteiger partial charge on any atom is -0.299 e. The number of hydrogen-bond acceptors (Lipinski definition) is 7. The fourth-order valence-corrected chi connectivity index (χ4v) is 2.59. The molecule has 2 heterocycles. The summed E-state index contributed by atoms with van der Waals surface area (Å²) >= 11 is 0. The third-order valence-corrected chi connectivity index (χ3v) is 3.99. The molecule has 0 radical (unpaired) electrons. The Kier molecular flexibility index (Phi) is 5.16. The average Bonchev–Trinajstić information content (AvgIpc) is 3.04. The number of aryl methyl sites for hydroxylation is 1. The first kappa shape index (κ1) is 18.8. The molecular formula is C17H17N7O4. The molecule has 2 N–H and O–H groups in total. The lowest BCUT2D eigenvalue weighted by atomic mass is 10.2. The van der Waals surface area contributed by atoms with Crippen molar-refractivity contribution in [1.29, 1.82) is 0 Å². The van der Waals surface area contributed by atoms with Crippen LogP contribution >= 0.6 is 0 Å². The number of nitrogens with zero attached hydrogens (tertiary/aromatic N) is 5. The van der Waals surface area contributed by atoms with Crippen molar-refractivity contribution in [1.82, 2.24) is 19.1 Å². The van der Waals surface area contributed by atoms with Crippen LogP contribution in [0.5, 0.6) is 0 Å². The largest absolute Gasteiger partial charge is 0.329 e. The van der Waals surface area contributed by atoms with Crippen molar-refractivity contribution in [3.05, 3.63) is 72.9 Å². The molecule has 11 nitrogen and oxygen atoms in total. The van der Waals surface area contributed by atoms with Crippen LogP contribution in [0.2, 0.25) is 0 Å². The van der Waals surface area contributed by atoms with Crippen LogP contribution in [0.15, 0.2) is 51.1 Å². The van der Waals surface area contributed by atoms with Gasteiger partial charge in [-0.3, -0.25) is 29.0 Å². The molecule has 3 rings (SSSR count). The number of hydrazone groups is 1. The smallest absolute Gasteiger partial charge is 0.299 e. The number of rotatable bonds is 6. The Labute approximate surface area is 157 Å². The highest BCUT2D eigenvalue weighted by Crippen LogP contribution is 2.16. The fourth-order valence-electron chi connectivity index (χ4n) is 2.59. The number of imidazole rings is 1. The lowest BCUT2D eigenvalue weighted by Gasteiger charge is -2.04. The molecule has 28 heavy (non-hydrogen) atoms. The van der Waals surface area contributed by atoms with Crippen LogP contribution in [0.1, 0.15) is 12.5 Å². The number of nitro groups is 1. The molecule has 0 fully saturated rings. The maximum absolute atomic E-state index is 12.3. The Bertz CT molecular complexity index is 1220. The van der Waals surface area contributed by atoms with Gasteiger partial charge in [0.25, 0.3) is 11.2 Å². The van der Waals surface area contributed by atoms with Gasteiger partial charge < -0.3 is 0 Å². The van der Waals surface area contributed by atoms with Crippen molar-refractivity contribution in [2.45, 2.75) is 13.5 Å². The molecule has 0 unspecified atom stereocenters. The van der Waals surface area contributed by atoms with Crippen molar-refractivity contribution in [2.75, 3.05) is 5.43 Å². The van der Waals surface area contributed by atoms with Crippen molar-refractivity contribution in [2.24, 2.45) is 12.1 Å². The Morgan fingerprint density at radius 2 is 2.18 bits per heavy atom. The maximum atomic E-state index is 12.3. The molecule has 0 spiro atoms. The van der Waals surface area contributed by atoms with E-state index in [1.165, 1.54) is 30.0 Å². The summed E-state index contributed by atoms with van der Waals surface area (Å²) in [6.07, 6.45) is 5.04. The number of H-pyrrole nitrogens is 1. The zero-order chi connectivity index (χ0) is 20.3. The van der Waals surface area contributed by atoms with Crippen molar-refractivity contribution < 1.29 is 4.92 Å². The van der Waals surface area contributed by atoms with Crippen LogP contribution in [0, 0.1) is 10.1 Å². The van der Waals surface area contributed by atoms with E-state index in [1.807, 2.05) is 19.1 Å². The monoisotopic (exact) mass is 383 g/mol. The van der Waals surface area contributed by atoms with E-state index in [0.29, 0.717) is 12.1 Å². The molecule has 0 aliphatic carbocycles.